The van der Waals surface area contributed by atoms with Crippen LogP contribution in [0.3, 0.4) is 0 Å². The predicted octanol–water partition coefficient (Wildman–Crippen LogP) is 2.26. The Labute approximate surface area is 188 Å². The Kier molecular flexibility index (Phi) is 5.59. The SMILES string of the molecule is C[C@H]1CC2(CCN(c3nc(N)c(-c4ccc(N5CCOCC5)cc4)c(=O)n3C)CC2)CO1. The molecule has 3 fully saturated rings. The summed E-state index contributed by atoms with van der Waals surface area (Å²) in [5.74, 6) is 0.948. The van der Waals surface area contributed by atoms with Crippen LogP contribution in [0.4, 0.5) is 17.5 Å². The van der Waals surface area contributed by atoms with Crippen molar-refractivity contribution in [2.75, 3.05) is 61.5 Å². The highest BCUT2D eigenvalue weighted by atomic mass is 16.5. The molecule has 1 atom stereocenters. The molecule has 0 radical (unpaired) electrons. The van der Waals surface area contributed by atoms with E-state index in [0.29, 0.717) is 23.4 Å². The van der Waals surface area contributed by atoms with Crippen LogP contribution in [0.1, 0.15) is 26.2 Å². The quantitative estimate of drug-likeness (QED) is 0.785. The number of nitrogens with zero attached hydrogens (tertiary/aromatic N) is 4. The van der Waals surface area contributed by atoms with Gasteiger partial charge in [0.25, 0.3) is 5.56 Å². The lowest BCUT2D eigenvalue weighted by Gasteiger charge is -2.39. The van der Waals surface area contributed by atoms with Crippen molar-refractivity contribution < 1.29 is 9.47 Å². The summed E-state index contributed by atoms with van der Waals surface area (Å²) in [6, 6.07) is 8.01. The fraction of sp³-hybridized carbons (Fsp3) is 0.583. The van der Waals surface area contributed by atoms with Gasteiger partial charge in [0, 0.05) is 38.9 Å². The van der Waals surface area contributed by atoms with Crippen molar-refractivity contribution in [3.8, 4) is 11.1 Å². The summed E-state index contributed by atoms with van der Waals surface area (Å²) in [6.45, 7) is 7.96. The minimum absolute atomic E-state index is 0.107. The zero-order valence-corrected chi connectivity index (χ0v) is 19.0. The van der Waals surface area contributed by atoms with Crippen molar-refractivity contribution in [3.63, 3.8) is 0 Å². The second-order valence-electron chi connectivity index (χ2n) is 9.50. The molecule has 2 aromatic rings. The van der Waals surface area contributed by atoms with E-state index >= 15 is 0 Å². The highest BCUT2D eigenvalue weighted by Crippen LogP contribution is 2.42. The van der Waals surface area contributed by atoms with Gasteiger partial charge in [0.1, 0.15) is 5.82 Å². The monoisotopic (exact) mass is 439 g/mol. The highest BCUT2D eigenvalue weighted by Gasteiger charge is 2.41. The van der Waals surface area contributed by atoms with Crippen LogP contribution in [0, 0.1) is 5.41 Å². The van der Waals surface area contributed by atoms with Gasteiger partial charge in [0.2, 0.25) is 5.95 Å². The van der Waals surface area contributed by atoms with Crippen LogP contribution in [-0.2, 0) is 16.5 Å². The summed E-state index contributed by atoms with van der Waals surface area (Å²) in [6.07, 6.45) is 3.57. The summed E-state index contributed by atoms with van der Waals surface area (Å²) >= 11 is 0. The fourth-order valence-electron chi connectivity index (χ4n) is 5.40. The Balaban J connectivity index is 1.37. The van der Waals surface area contributed by atoms with E-state index in [1.807, 2.05) is 24.3 Å². The Bertz CT molecular complexity index is 1020. The van der Waals surface area contributed by atoms with E-state index in [1.54, 1.807) is 11.6 Å². The molecular weight excluding hydrogens is 406 g/mol. The highest BCUT2D eigenvalue weighted by molar-refractivity contribution is 5.75. The number of anilines is 3. The van der Waals surface area contributed by atoms with Crippen LogP contribution in [0.25, 0.3) is 11.1 Å². The second kappa shape index (κ2) is 8.41. The molecule has 8 heteroatoms. The van der Waals surface area contributed by atoms with Gasteiger partial charge in [-0.3, -0.25) is 9.36 Å². The van der Waals surface area contributed by atoms with Crippen molar-refractivity contribution in [2.24, 2.45) is 12.5 Å². The molecule has 0 saturated carbocycles. The predicted molar refractivity (Wildman–Crippen MR) is 126 cm³/mol. The van der Waals surface area contributed by atoms with Gasteiger partial charge in [-0.1, -0.05) is 12.1 Å². The van der Waals surface area contributed by atoms with E-state index in [2.05, 4.69) is 21.7 Å². The molecule has 1 spiro atoms. The number of nitrogens with two attached hydrogens (primary N) is 1. The van der Waals surface area contributed by atoms with Crippen LogP contribution in [-0.4, -0.2) is 61.7 Å². The molecule has 1 aromatic carbocycles. The van der Waals surface area contributed by atoms with Gasteiger partial charge < -0.3 is 25.0 Å². The molecule has 32 heavy (non-hydrogen) atoms. The molecule has 3 aliphatic rings. The third-order valence-electron chi connectivity index (χ3n) is 7.33. The Morgan fingerprint density at radius 1 is 1.06 bits per heavy atom. The Morgan fingerprint density at radius 3 is 2.38 bits per heavy atom. The van der Waals surface area contributed by atoms with E-state index in [0.717, 1.165) is 76.5 Å². The molecule has 3 saturated heterocycles. The fourth-order valence-corrected chi connectivity index (χ4v) is 5.40. The van der Waals surface area contributed by atoms with E-state index in [1.165, 1.54) is 0 Å². The van der Waals surface area contributed by atoms with Crippen molar-refractivity contribution in [1.29, 1.82) is 0 Å². The van der Waals surface area contributed by atoms with Gasteiger partial charge >= 0.3 is 0 Å². The lowest BCUT2D eigenvalue weighted by molar-refractivity contribution is 0.0974. The Morgan fingerprint density at radius 2 is 1.75 bits per heavy atom. The summed E-state index contributed by atoms with van der Waals surface area (Å²) in [5, 5.41) is 0. The summed E-state index contributed by atoms with van der Waals surface area (Å²) in [4.78, 5) is 22.5. The third-order valence-corrected chi connectivity index (χ3v) is 7.33. The zero-order valence-electron chi connectivity index (χ0n) is 19.0. The number of aromatic nitrogens is 2. The van der Waals surface area contributed by atoms with Crippen LogP contribution in [0.15, 0.2) is 29.1 Å². The number of nitrogen functional groups attached to an aromatic ring is 1. The summed E-state index contributed by atoms with van der Waals surface area (Å²) in [5.41, 5.74) is 8.92. The molecule has 2 N–H and O–H groups in total. The first-order valence-electron chi connectivity index (χ1n) is 11.6. The lowest BCUT2D eigenvalue weighted by Crippen LogP contribution is -2.43. The molecule has 1 aromatic heterocycles. The van der Waals surface area contributed by atoms with Gasteiger partial charge in [-0.2, -0.15) is 4.98 Å². The molecule has 8 nitrogen and oxygen atoms in total. The zero-order chi connectivity index (χ0) is 22.3. The first kappa shape index (κ1) is 21.3. The molecule has 4 heterocycles. The first-order valence-corrected chi connectivity index (χ1v) is 11.6. The maximum Gasteiger partial charge on any atom is 0.264 e. The number of piperidine rings is 1. The van der Waals surface area contributed by atoms with Crippen LogP contribution in [0.2, 0.25) is 0 Å². The van der Waals surface area contributed by atoms with Gasteiger partial charge in [0.15, 0.2) is 0 Å². The minimum Gasteiger partial charge on any atom is -0.383 e. The number of hydrogen-bond donors (Lipinski definition) is 1. The average molecular weight is 440 g/mol. The van der Waals surface area contributed by atoms with Crippen molar-refractivity contribution in [3.05, 3.63) is 34.6 Å². The van der Waals surface area contributed by atoms with Gasteiger partial charge in [0.05, 0.1) is 31.5 Å². The van der Waals surface area contributed by atoms with E-state index < -0.39 is 0 Å². The van der Waals surface area contributed by atoms with Gasteiger partial charge in [-0.25, -0.2) is 0 Å². The standard InChI is InChI=1S/C24H33N5O3/c1-17-15-24(16-32-17)7-9-29(10-8-24)23-26-21(25)20(22(30)27(23)2)18-3-5-19(6-4-18)28-11-13-31-14-12-28/h3-6,17H,7-16,25H2,1-2H3/t17-/m0/s1. The van der Waals surface area contributed by atoms with Crippen molar-refractivity contribution in [1.82, 2.24) is 9.55 Å². The van der Waals surface area contributed by atoms with E-state index in [9.17, 15) is 4.79 Å². The first-order chi connectivity index (χ1) is 15.5. The lowest BCUT2D eigenvalue weighted by atomic mass is 9.77. The summed E-state index contributed by atoms with van der Waals surface area (Å²) in [7, 11) is 1.79. The molecule has 3 aliphatic heterocycles. The molecule has 0 unspecified atom stereocenters. The van der Waals surface area contributed by atoms with Crippen LogP contribution in [0.5, 0.6) is 0 Å². The smallest absolute Gasteiger partial charge is 0.264 e. The molecule has 5 rings (SSSR count). The number of benzene rings is 1. The Hall–Kier alpha value is -2.58. The van der Waals surface area contributed by atoms with E-state index in [-0.39, 0.29) is 11.0 Å². The maximum atomic E-state index is 13.3. The van der Waals surface area contributed by atoms with Crippen LogP contribution < -0.4 is 21.1 Å². The number of hydrogen-bond acceptors (Lipinski definition) is 7. The van der Waals surface area contributed by atoms with E-state index in [4.69, 9.17) is 15.2 Å². The number of morpholine rings is 1. The third kappa shape index (κ3) is 3.86. The number of rotatable bonds is 3. The summed E-state index contributed by atoms with van der Waals surface area (Å²) < 4.78 is 12.9. The van der Waals surface area contributed by atoms with Crippen molar-refractivity contribution in [2.45, 2.75) is 32.3 Å². The minimum atomic E-state index is -0.107. The average Bonchev–Trinajstić information content (AvgIpc) is 3.18. The van der Waals surface area contributed by atoms with Crippen molar-refractivity contribution >= 4 is 17.5 Å². The molecule has 0 aliphatic carbocycles. The van der Waals surface area contributed by atoms with Gasteiger partial charge in [-0.05, 0) is 49.3 Å². The van der Waals surface area contributed by atoms with Crippen LogP contribution >= 0.6 is 0 Å². The molecular formula is C24H33N5O3. The molecule has 0 amide bonds. The largest absolute Gasteiger partial charge is 0.383 e. The maximum absolute atomic E-state index is 13.3. The normalized spacial score (nSPS) is 23.1. The van der Waals surface area contributed by atoms with Gasteiger partial charge in [-0.15, -0.1) is 0 Å². The molecule has 0 bridgehead atoms. The second-order valence-corrected chi connectivity index (χ2v) is 9.50. The molecule has 172 valence electrons. The topological polar surface area (TPSA) is 85.9 Å². The number of ether oxygens (including phenoxy) is 2.